The van der Waals surface area contributed by atoms with E-state index in [-0.39, 0.29) is 0 Å². The van der Waals surface area contributed by atoms with Crippen LogP contribution in [-0.4, -0.2) is 15.8 Å². The van der Waals surface area contributed by atoms with Gasteiger partial charge in [0.15, 0.2) is 0 Å². The summed E-state index contributed by atoms with van der Waals surface area (Å²) >= 11 is 0. The Morgan fingerprint density at radius 2 is 2.13 bits per heavy atom. The topological polar surface area (TPSA) is 53.6 Å². The van der Waals surface area contributed by atoms with E-state index in [0.29, 0.717) is 24.3 Å². The van der Waals surface area contributed by atoms with Gasteiger partial charge in [0, 0.05) is 5.56 Å². The number of aliphatic hydroxyl groups is 2. The third-order valence-electron chi connectivity index (χ3n) is 3.51. The molecule has 3 nitrogen and oxygen atoms in total. The van der Waals surface area contributed by atoms with Gasteiger partial charge in [-0.3, -0.25) is 0 Å². The monoisotopic (exact) mass is 210 g/mol. The number of aliphatic hydroxyl groups excluding tert-OH is 1. The molecular weight excluding hydrogens is 192 g/mol. The molecule has 1 aromatic rings. The van der Waals surface area contributed by atoms with Crippen LogP contribution in [0.4, 0.5) is 0 Å². The molecule has 0 aliphatic heterocycles. The molecule has 0 radical (unpaired) electrons. The Hall–Kier alpha value is -0.800. The van der Waals surface area contributed by atoms with Gasteiger partial charge in [0.1, 0.15) is 6.10 Å². The molecule has 1 aliphatic carbocycles. The van der Waals surface area contributed by atoms with Crippen LogP contribution in [0.2, 0.25) is 0 Å². The highest BCUT2D eigenvalue weighted by atomic mass is 16.3. The van der Waals surface area contributed by atoms with Gasteiger partial charge in [0.25, 0.3) is 0 Å². The Kier molecular flexibility index (Phi) is 2.85. The van der Waals surface area contributed by atoms with Crippen molar-refractivity contribution in [1.82, 2.24) is 0 Å². The Balaban J connectivity index is 2.09. The zero-order valence-corrected chi connectivity index (χ0v) is 9.02. The Morgan fingerprint density at radius 3 is 2.67 bits per heavy atom. The second-order valence-electron chi connectivity index (χ2n) is 4.75. The fourth-order valence-electron chi connectivity index (χ4n) is 2.28. The maximum Gasteiger partial charge on any atom is 0.111 e. The summed E-state index contributed by atoms with van der Waals surface area (Å²) in [6, 6.07) is 1.71. The van der Waals surface area contributed by atoms with Gasteiger partial charge in [0.2, 0.25) is 0 Å². The molecule has 15 heavy (non-hydrogen) atoms. The predicted octanol–water partition coefficient (Wildman–Crippen LogP) is 2.25. The van der Waals surface area contributed by atoms with Crippen LogP contribution in [0.1, 0.15) is 44.3 Å². The zero-order valence-electron chi connectivity index (χ0n) is 9.02. The van der Waals surface area contributed by atoms with Crippen molar-refractivity contribution in [2.75, 3.05) is 0 Å². The molecule has 0 bridgehead atoms. The molecule has 84 valence electrons. The summed E-state index contributed by atoms with van der Waals surface area (Å²) < 4.78 is 4.92. The third-order valence-corrected chi connectivity index (χ3v) is 3.51. The molecule has 2 rings (SSSR count). The lowest BCUT2D eigenvalue weighted by atomic mass is 9.75. The maximum absolute atomic E-state index is 10.3. The summed E-state index contributed by atoms with van der Waals surface area (Å²) in [4.78, 5) is 0. The first-order chi connectivity index (χ1) is 7.12. The highest BCUT2D eigenvalue weighted by Gasteiger charge is 2.39. The van der Waals surface area contributed by atoms with E-state index in [9.17, 15) is 10.2 Å². The minimum atomic E-state index is -0.962. The van der Waals surface area contributed by atoms with Crippen LogP contribution in [0.15, 0.2) is 23.0 Å². The molecule has 1 fully saturated rings. The van der Waals surface area contributed by atoms with E-state index in [1.807, 2.05) is 0 Å². The van der Waals surface area contributed by atoms with E-state index < -0.39 is 11.7 Å². The van der Waals surface area contributed by atoms with Crippen LogP contribution in [-0.2, 0) is 0 Å². The molecule has 1 heterocycles. The molecular formula is C12H18O3. The molecule has 2 N–H and O–H groups in total. The van der Waals surface area contributed by atoms with Crippen molar-refractivity contribution in [1.29, 1.82) is 0 Å². The summed E-state index contributed by atoms with van der Waals surface area (Å²) in [5, 5.41) is 20.4. The van der Waals surface area contributed by atoms with Gasteiger partial charge in [-0.15, -0.1) is 0 Å². The standard InChI is InChI=1S/C12H18O3/c1-9-2-5-12(14,6-3-9)11(13)10-4-7-15-8-10/h4,7-9,11,13-14H,2-3,5-6H2,1H3. The molecule has 1 unspecified atom stereocenters. The zero-order chi connectivity index (χ0) is 10.9. The largest absolute Gasteiger partial charge is 0.472 e. The fraction of sp³-hybridized carbons (Fsp3) is 0.667. The van der Waals surface area contributed by atoms with E-state index in [1.165, 1.54) is 12.5 Å². The number of furan rings is 1. The van der Waals surface area contributed by atoms with Crippen LogP contribution in [0.25, 0.3) is 0 Å². The van der Waals surface area contributed by atoms with Crippen LogP contribution in [0.5, 0.6) is 0 Å². The lowest BCUT2D eigenvalue weighted by molar-refractivity contribution is -0.105. The molecule has 3 heteroatoms. The minimum absolute atomic E-state index is 0.654. The minimum Gasteiger partial charge on any atom is -0.472 e. The van der Waals surface area contributed by atoms with Crippen molar-refractivity contribution in [2.24, 2.45) is 5.92 Å². The first-order valence-corrected chi connectivity index (χ1v) is 5.54. The predicted molar refractivity (Wildman–Crippen MR) is 56.2 cm³/mol. The van der Waals surface area contributed by atoms with Crippen LogP contribution >= 0.6 is 0 Å². The van der Waals surface area contributed by atoms with Crippen molar-refractivity contribution in [3.63, 3.8) is 0 Å². The number of hydrogen-bond donors (Lipinski definition) is 2. The molecule has 0 aromatic carbocycles. The Labute approximate surface area is 89.7 Å². The second-order valence-corrected chi connectivity index (χ2v) is 4.75. The van der Waals surface area contributed by atoms with Gasteiger partial charge in [-0.05, 0) is 37.7 Å². The molecule has 1 aromatic heterocycles. The number of rotatable bonds is 2. The van der Waals surface area contributed by atoms with E-state index in [2.05, 4.69) is 6.92 Å². The summed E-state index contributed by atoms with van der Waals surface area (Å²) in [6.07, 6.45) is 5.50. The molecule has 1 atom stereocenters. The van der Waals surface area contributed by atoms with Gasteiger partial charge in [-0.1, -0.05) is 6.92 Å². The highest BCUT2D eigenvalue weighted by Crippen LogP contribution is 2.40. The first-order valence-electron chi connectivity index (χ1n) is 5.54. The Bertz CT molecular complexity index is 297. The summed E-state index contributed by atoms with van der Waals surface area (Å²) in [5.74, 6) is 0.654. The van der Waals surface area contributed by atoms with Crippen molar-refractivity contribution < 1.29 is 14.6 Å². The van der Waals surface area contributed by atoms with Crippen molar-refractivity contribution >= 4 is 0 Å². The summed E-state index contributed by atoms with van der Waals surface area (Å²) in [7, 11) is 0. The van der Waals surface area contributed by atoms with Gasteiger partial charge >= 0.3 is 0 Å². The molecule has 1 saturated carbocycles. The maximum atomic E-state index is 10.3. The lowest BCUT2D eigenvalue weighted by Gasteiger charge is -2.38. The van der Waals surface area contributed by atoms with Crippen molar-refractivity contribution in [3.05, 3.63) is 24.2 Å². The van der Waals surface area contributed by atoms with Gasteiger partial charge in [-0.2, -0.15) is 0 Å². The smallest absolute Gasteiger partial charge is 0.111 e. The third kappa shape index (κ3) is 2.08. The molecule has 0 amide bonds. The molecule has 1 aliphatic rings. The van der Waals surface area contributed by atoms with Gasteiger partial charge in [-0.25, -0.2) is 0 Å². The quantitative estimate of drug-likeness (QED) is 0.787. The van der Waals surface area contributed by atoms with Crippen molar-refractivity contribution in [3.8, 4) is 0 Å². The van der Waals surface area contributed by atoms with E-state index >= 15 is 0 Å². The number of hydrogen-bond acceptors (Lipinski definition) is 3. The lowest BCUT2D eigenvalue weighted by Crippen LogP contribution is -2.39. The fourth-order valence-corrected chi connectivity index (χ4v) is 2.28. The normalized spacial score (nSPS) is 33.9. The summed E-state index contributed by atoms with van der Waals surface area (Å²) in [5.41, 5.74) is -0.289. The van der Waals surface area contributed by atoms with Gasteiger partial charge < -0.3 is 14.6 Å². The average Bonchev–Trinajstić information content (AvgIpc) is 2.75. The Morgan fingerprint density at radius 1 is 1.47 bits per heavy atom. The SMILES string of the molecule is CC1CCC(O)(C(O)c2ccoc2)CC1. The van der Waals surface area contributed by atoms with Crippen LogP contribution < -0.4 is 0 Å². The average molecular weight is 210 g/mol. The summed E-state index contributed by atoms with van der Waals surface area (Å²) in [6.45, 7) is 2.18. The van der Waals surface area contributed by atoms with Crippen LogP contribution in [0.3, 0.4) is 0 Å². The van der Waals surface area contributed by atoms with E-state index in [1.54, 1.807) is 6.07 Å². The highest BCUT2D eigenvalue weighted by molar-refractivity contribution is 5.14. The van der Waals surface area contributed by atoms with Gasteiger partial charge in [0.05, 0.1) is 18.1 Å². The second kappa shape index (κ2) is 3.99. The van der Waals surface area contributed by atoms with Crippen LogP contribution in [0, 0.1) is 5.92 Å². The molecule has 0 spiro atoms. The van der Waals surface area contributed by atoms with E-state index in [4.69, 9.17) is 4.42 Å². The first kappa shape index (κ1) is 10.7. The molecule has 0 saturated heterocycles. The van der Waals surface area contributed by atoms with E-state index in [0.717, 1.165) is 12.8 Å². The van der Waals surface area contributed by atoms with Crippen molar-refractivity contribution in [2.45, 2.75) is 44.3 Å².